The first-order valence-electron chi connectivity index (χ1n) is 47.6. The number of sulfonamides is 1. The van der Waals surface area contributed by atoms with Crippen LogP contribution in [0.15, 0.2) is 230 Å². The Morgan fingerprint density at radius 1 is 0.576 bits per heavy atom. The minimum absolute atomic E-state index is 0. The molecule has 12 aromatic rings. The Balaban J connectivity index is 0.000000326. The van der Waals surface area contributed by atoms with Crippen LogP contribution >= 0.6 is 45.6 Å². The fraction of sp³-hybridized carbons (Fsp3) is 0.500. The molecule has 0 spiro atoms. The molecule has 2 atom stereocenters. The molecule has 2 aliphatic rings. The van der Waals surface area contributed by atoms with Crippen molar-refractivity contribution in [1.29, 1.82) is 0 Å². The number of para-hydroxylation sites is 2. The SMILES string of the molecule is C.C.CC(C)(C)C1=NOC(c2ccccc2)C1.CC(C)(C)CCc1ccn(-c2ccccc2)c1.CC(C)(C)c1cccc(N2CCCS2(=O)=O)c1.CC(C)(C)c1csc(-c2ccco2)n1.CC(C)(C)c1csc(C(C)(C)C)n1.CC(C)C(=O)Nc1nc(CC(C)(C)C)cs1.CC(Oc1ccccc1Cl)C(C)(C)C.Cc1ccc(C(C)(C)C)cc1S(C)(=O)=O.Cc1oc(-c2ccccc2)nc1C(C)(C)C. The van der Waals surface area contributed by atoms with Gasteiger partial charge in [0.05, 0.1) is 61.1 Å². The Morgan fingerprint density at radius 3 is 1.60 bits per heavy atom. The van der Waals surface area contributed by atoms with Crippen molar-refractivity contribution in [2.75, 3.05) is 28.2 Å². The van der Waals surface area contributed by atoms with Crippen LogP contribution in [-0.2, 0) is 74.8 Å². The molecule has 764 valence electrons. The molecule has 0 bridgehead atoms. The van der Waals surface area contributed by atoms with E-state index in [1.54, 1.807) is 35.0 Å². The van der Waals surface area contributed by atoms with Crippen LogP contribution in [0, 0.1) is 41.4 Å². The molecule has 17 nitrogen and oxygen atoms in total. The number of halogens is 1. The predicted molar refractivity (Wildman–Crippen MR) is 596 cm³/mol. The summed E-state index contributed by atoms with van der Waals surface area (Å²) in [7, 11) is -6.19. The van der Waals surface area contributed by atoms with Crippen molar-refractivity contribution in [3.05, 3.63) is 277 Å². The first-order chi connectivity index (χ1) is 63.0. The number of oxazole rings is 1. The lowest BCUT2D eigenvalue weighted by Crippen LogP contribution is -2.28. The molecule has 6 aromatic heterocycles. The summed E-state index contributed by atoms with van der Waals surface area (Å²) < 4.78 is 67.3. The summed E-state index contributed by atoms with van der Waals surface area (Å²) in [5, 5.41) is 16.9. The van der Waals surface area contributed by atoms with Crippen LogP contribution in [0.1, 0.15) is 330 Å². The first kappa shape index (κ1) is 122. The molecule has 14 rings (SSSR count). The number of ether oxygens (including phenoxy) is 1. The van der Waals surface area contributed by atoms with E-state index in [0.717, 1.165) is 98.7 Å². The van der Waals surface area contributed by atoms with Crippen molar-refractivity contribution < 1.29 is 40.0 Å². The summed E-state index contributed by atoms with van der Waals surface area (Å²) in [6, 6.07) is 57.8. The number of thiazole rings is 3. The molecule has 8 heterocycles. The topological polar surface area (TPSA) is 214 Å². The number of nitrogens with one attached hydrogen (secondary N) is 1. The van der Waals surface area contributed by atoms with E-state index >= 15 is 0 Å². The summed E-state index contributed by atoms with van der Waals surface area (Å²) in [5.41, 5.74) is 15.7. The van der Waals surface area contributed by atoms with E-state index in [4.69, 9.17) is 30.0 Å². The standard InChI is InChI=1S/C16H21N.C14H17NO.C13H19NO2S.C13H17NO.C12H17ClO.C12H20N2OS.C12H18O2S.C11H13NOS.C11H19NS.2CH4/c1-16(2,3)11-9-14-10-12-17(13-14)15-7-5-4-6-8-15;1-10-12(14(2,3)4)15-13(16-10)11-8-6-5-7-9-11;1-13(2,3)11-6-4-7-12(10-11)14-8-5-9-17(14,15)16;1-13(2,3)12-9-11(15-14-12)10-7-5-4-6-8-10;1-9(12(2,3)4)14-11-8-6-5-7-10(11)13;1-8(2)10(15)14-11-13-9(7-16-11)6-12(3,4)5;1-9-6-7-10(12(2,3)4)8-11(9)15(5,13)14;1-11(2,3)9-7-14-10(12-9)8-5-4-6-13-8;1-10(2,3)8-7-13-9(12-8)11(4,5)6;;/h4-8,10,12-13H,9,11H2,1-3H3;5-9H,1-4H3;4,6-7,10H,5,8-9H2,1-3H3;4-8,11H,9H2,1-3H3;5-9H,1-4H3;7-8H,6H2,1-5H3,(H,13,14,15);6-8H,1-5H3;4-7H,1-3H3;7H,1-6H3;2*1H4. The number of amides is 1. The Kier molecular flexibility index (Phi) is 45.3. The number of anilines is 2. The zero-order chi connectivity index (χ0) is 103. The highest BCUT2D eigenvalue weighted by molar-refractivity contribution is 7.93. The maximum absolute atomic E-state index is 11.8. The van der Waals surface area contributed by atoms with Crippen molar-refractivity contribution in [1.82, 2.24) is 24.5 Å². The minimum atomic E-state index is -3.12. The van der Waals surface area contributed by atoms with E-state index in [2.05, 4.69) is 315 Å². The largest absolute Gasteiger partial charge is 0.489 e. The Bertz CT molecular complexity index is 5930. The molecule has 139 heavy (non-hydrogen) atoms. The average Bonchev–Trinajstić information content (AvgIpc) is 1.53. The number of carbonyl (C=O) groups excluding carboxylic acids is 1. The lowest BCUT2D eigenvalue weighted by atomic mass is 9.86. The Morgan fingerprint density at radius 2 is 1.13 bits per heavy atom. The second-order valence-electron chi connectivity index (χ2n) is 46.3. The molecule has 1 N–H and O–H groups in total. The van der Waals surface area contributed by atoms with E-state index in [1.807, 2.05) is 160 Å². The number of hydrogen-bond donors (Lipinski definition) is 1. The van der Waals surface area contributed by atoms with E-state index < -0.39 is 19.9 Å². The van der Waals surface area contributed by atoms with Gasteiger partial charge in [-0.3, -0.25) is 9.10 Å². The fourth-order valence-electron chi connectivity index (χ4n) is 13.1. The average molecular weight is 2020 g/mol. The monoisotopic (exact) mass is 2010 g/mol. The van der Waals surface area contributed by atoms with Gasteiger partial charge in [-0.05, 0) is 174 Å². The summed E-state index contributed by atoms with van der Waals surface area (Å²) in [5.74, 6) is 3.52. The maximum Gasteiger partial charge on any atom is 0.235 e. The van der Waals surface area contributed by atoms with Crippen LogP contribution in [0.5, 0.6) is 5.75 Å². The smallest absolute Gasteiger partial charge is 0.235 e. The summed E-state index contributed by atoms with van der Waals surface area (Å²) in [6.45, 7) is 75.3. The highest BCUT2D eigenvalue weighted by Crippen LogP contribution is 2.39. The molecule has 2 unspecified atom stereocenters. The van der Waals surface area contributed by atoms with Gasteiger partial charge in [0.2, 0.25) is 21.8 Å². The number of aromatic nitrogens is 5. The minimum Gasteiger partial charge on any atom is -0.489 e. The van der Waals surface area contributed by atoms with Crippen LogP contribution in [0.3, 0.4) is 0 Å². The van der Waals surface area contributed by atoms with Crippen LogP contribution in [0.4, 0.5) is 10.8 Å². The van der Waals surface area contributed by atoms with E-state index in [9.17, 15) is 21.6 Å². The maximum atomic E-state index is 11.8. The van der Waals surface area contributed by atoms with E-state index in [1.165, 1.54) is 55.8 Å². The van der Waals surface area contributed by atoms with Crippen molar-refractivity contribution in [2.24, 2.45) is 32.7 Å². The van der Waals surface area contributed by atoms with Gasteiger partial charge >= 0.3 is 0 Å². The number of nitrogens with zero attached hydrogens (tertiary/aromatic N) is 7. The van der Waals surface area contributed by atoms with Gasteiger partial charge in [0.1, 0.15) is 17.6 Å². The van der Waals surface area contributed by atoms with Gasteiger partial charge in [0.15, 0.2) is 31.8 Å². The third-order valence-corrected chi connectivity index (χ3v) is 28.4. The summed E-state index contributed by atoms with van der Waals surface area (Å²) in [6.07, 6.45) is 12.5. The molecular weight excluding hydrogens is 1850 g/mol. The fourth-order valence-corrected chi connectivity index (χ4v) is 18.7. The molecule has 1 fully saturated rings. The van der Waals surface area contributed by atoms with Crippen LogP contribution < -0.4 is 14.4 Å². The number of rotatable bonds is 13. The highest BCUT2D eigenvalue weighted by Gasteiger charge is 2.33. The van der Waals surface area contributed by atoms with E-state index in [-0.39, 0.29) is 93.4 Å². The second kappa shape index (κ2) is 51.6. The van der Waals surface area contributed by atoms with Crippen LogP contribution in [-0.4, -0.2) is 77.6 Å². The number of hydrogen-bond acceptors (Lipinski definition) is 17. The number of furan rings is 1. The van der Waals surface area contributed by atoms with Gasteiger partial charge in [0.25, 0.3) is 0 Å². The molecule has 0 saturated carbocycles. The lowest BCUT2D eigenvalue weighted by Gasteiger charge is -2.28. The normalized spacial score (nSPS) is 14.0. The van der Waals surface area contributed by atoms with Crippen molar-refractivity contribution >= 4 is 87.9 Å². The quantitative estimate of drug-likeness (QED) is 0.114. The molecule has 1 saturated heterocycles. The number of oxime groups is 1. The molecule has 23 heteroatoms. The van der Waals surface area contributed by atoms with Crippen molar-refractivity contribution in [3.8, 4) is 33.7 Å². The van der Waals surface area contributed by atoms with Crippen LogP contribution in [0.25, 0.3) is 27.9 Å². The van der Waals surface area contributed by atoms with Gasteiger partial charge in [-0.15, -0.1) is 34.0 Å². The number of aryl methyl sites for hydroxylation is 3. The van der Waals surface area contributed by atoms with Gasteiger partial charge in [0, 0.05) is 92.0 Å². The summed E-state index contributed by atoms with van der Waals surface area (Å²) in [4.78, 5) is 35.6. The Labute approximate surface area is 856 Å². The molecule has 0 radical (unpaired) electrons. The van der Waals surface area contributed by atoms with Crippen molar-refractivity contribution in [2.45, 2.75) is 339 Å². The lowest BCUT2D eigenvalue weighted by molar-refractivity contribution is -0.118. The zero-order valence-corrected chi connectivity index (χ0v) is 94.0. The summed E-state index contributed by atoms with van der Waals surface area (Å²) >= 11 is 10.9. The van der Waals surface area contributed by atoms with Gasteiger partial charge in [-0.25, -0.2) is 36.8 Å². The molecular formula is C116H169ClN8O9S5. The number of benzene rings is 6. The molecule has 1 amide bonds. The number of sulfone groups is 1. The van der Waals surface area contributed by atoms with E-state index in [0.29, 0.717) is 32.9 Å². The third kappa shape index (κ3) is 41.7. The zero-order valence-electron chi connectivity index (χ0n) is 89.1. The predicted octanol–water partition coefficient (Wildman–Crippen LogP) is 33.4. The molecule has 6 aromatic carbocycles. The van der Waals surface area contributed by atoms with Gasteiger partial charge in [-0.1, -0.05) is 356 Å². The van der Waals surface area contributed by atoms with Crippen LogP contribution in [0.2, 0.25) is 5.02 Å². The van der Waals surface area contributed by atoms with Crippen molar-refractivity contribution in [3.63, 3.8) is 0 Å². The second-order valence-corrected chi connectivity index (χ2v) is 53.3. The third-order valence-electron chi connectivity index (χ3n) is 22.1. The first-order valence-corrected chi connectivity index (χ1v) is 54.1. The molecule has 0 aliphatic carbocycles. The van der Waals surface area contributed by atoms with Gasteiger partial charge in [-0.2, -0.15) is 0 Å². The molecule has 2 aliphatic heterocycles. The Hall–Kier alpha value is -9.29. The number of carbonyl (C=O) groups is 1. The van der Waals surface area contributed by atoms with Gasteiger partial charge < -0.3 is 28.3 Å². The highest BCUT2D eigenvalue weighted by atomic mass is 35.5.